The number of aromatic amines is 1. The molecule has 1 amide bonds. The molecule has 0 saturated carbocycles. The second-order valence-electron chi connectivity index (χ2n) is 4.23. The first-order chi connectivity index (χ1) is 8.99. The maximum atomic E-state index is 13.1. The van der Waals surface area contributed by atoms with Crippen molar-refractivity contribution in [2.45, 2.75) is 20.4 Å². The van der Waals surface area contributed by atoms with Crippen LogP contribution < -0.4 is 5.32 Å². The Kier molecular flexibility index (Phi) is 3.99. The number of amides is 1. The molecular formula is C13H13BrFN3O. The first kappa shape index (κ1) is 13.7. The largest absolute Gasteiger partial charge is 0.348 e. The molecule has 100 valence electrons. The Morgan fingerprint density at radius 1 is 1.47 bits per heavy atom. The zero-order valence-corrected chi connectivity index (χ0v) is 12.1. The highest BCUT2D eigenvalue weighted by molar-refractivity contribution is 9.10. The van der Waals surface area contributed by atoms with Crippen LogP contribution in [0.3, 0.4) is 0 Å². The molecular weight excluding hydrogens is 313 g/mol. The molecule has 0 fully saturated rings. The number of carbonyl (C=O) groups is 1. The van der Waals surface area contributed by atoms with Crippen molar-refractivity contribution in [3.8, 4) is 0 Å². The SMILES string of the molecule is Cc1n[nH]c(C)c1C(=O)NCc1cc(F)ccc1Br. The number of nitrogens with zero attached hydrogens (tertiary/aromatic N) is 1. The molecule has 2 aromatic rings. The second-order valence-corrected chi connectivity index (χ2v) is 5.08. The molecule has 1 aromatic heterocycles. The zero-order valence-electron chi connectivity index (χ0n) is 10.6. The van der Waals surface area contributed by atoms with Crippen molar-refractivity contribution >= 4 is 21.8 Å². The molecule has 0 unspecified atom stereocenters. The molecule has 2 N–H and O–H groups in total. The average Bonchev–Trinajstić information content (AvgIpc) is 2.70. The Bertz CT molecular complexity index is 605. The minimum Gasteiger partial charge on any atom is -0.348 e. The van der Waals surface area contributed by atoms with Crippen LogP contribution in [0.15, 0.2) is 22.7 Å². The molecule has 0 saturated heterocycles. The van der Waals surface area contributed by atoms with Gasteiger partial charge in [-0.3, -0.25) is 9.89 Å². The average molecular weight is 326 g/mol. The summed E-state index contributed by atoms with van der Waals surface area (Å²) in [5.41, 5.74) is 2.58. The standard InChI is InChI=1S/C13H13BrFN3O/c1-7-12(8(2)18-17-7)13(19)16-6-9-5-10(15)3-4-11(9)14/h3-5H,6H2,1-2H3,(H,16,19)(H,17,18). The van der Waals surface area contributed by atoms with Crippen LogP contribution in [0.2, 0.25) is 0 Å². The summed E-state index contributed by atoms with van der Waals surface area (Å²) < 4.78 is 13.9. The molecule has 0 radical (unpaired) electrons. The Morgan fingerprint density at radius 2 is 2.21 bits per heavy atom. The molecule has 1 heterocycles. The summed E-state index contributed by atoms with van der Waals surface area (Å²) in [4.78, 5) is 12.0. The Balaban J connectivity index is 2.11. The van der Waals surface area contributed by atoms with Gasteiger partial charge in [0.25, 0.3) is 5.91 Å². The smallest absolute Gasteiger partial charge is 0.255 e. The number of hydrogen-bond donors (Lipinski definition) is 2. The summed E-state index contributed by atoms with van der Waals surface area (Å²) in [6, 6.07) is 4.37. The molecule has 0 aliphatic heterocycles. The summed E-state index contributed by atoms with van der Waals surface area (Å²) in [6.45, 7) is 3.80. The summed E-state index contributed by atoms with van der Waals surface area (Å²) in [6.07, 6.45) is 0. The van der Waals surface area contributed by atoms with Crippen molar-refractivity contribution in [2.75, 3.05) is 0 Å². The lowest BCUT2D eigenvalue weighted by atomic mass is 10.1. The summed E-state index contributed by atoms with van der Waals surface area (Å²) in [7, 11) is 0. The van der Waals surface area contributed by atoms with Crippen molar-refractivity contribution in [3.05, 3.63) is 51.0 Å². The molecule has 19 heavy (non-hydrogen) atoms. The highest BCUT2D eigenvalue weighted by Gasteiger charge is 2.15. The van der Waals surface area contributed by atoms with E-state index in [1.807, 2.05) is 0 Å². The van der Waals surface area contributed by atoms with Gasteiger partial charge in [0, 0.05) is 16.7 Å². The number of nitrogens with one attached hydrogen (secondary N) is 2. The fourth-order valence-corrected chi connectivity index (χ4v) is 2.21. The summed E-state index contributed by atoms with van der Waals surface area (Å²) in [5, 5.41) is 9.48. The van der Waals surface area contributed by atoms with Crippen molar-refractivity contribution in [1.29, 1.82) is 0 Å². The predicted octanol–water partition coefficient (Wildman–Crippen LogP) is 2.86. The van der Waals surface area contributed by atoms with Gasteiger partial charge < -0.3 is 5.32 Å². The Labute approximate surface area is 118 Å². The molecule has 6 heteroatoms. The van der Waals surface area contributed by atoms with Crippen LogP contribution in [0.25, 0.3) is 0 Å². The van der Waals surface area contributed by atoms with E-state index in [9.17, 15) is 9.18 Å². The van der Waals surface area contributed by atoms with E-state index in [0.717, 1.165) is 4.47 Å². The van der Waals surface area contributed by atoms with Crippen LogP contribution in [-0.4, -0.2) is 16.1 Å². The quantitative estimate of drug-likeness (QED) is 0.911. The summed E-state index contributed by atoms with van der Waals surface area (Å²) >= 11 is 3.32. The minimum absolute atomic E-state index is 0.222. The van der Waals surface area contributed by atoms with Crippen molar-refractivity contribution in [2.24, 2.45) is 0 Å². The van der Waals surface area contributed by atoms with Crippen LogP contribution in [0.1, 0.15) is 27.3 Å². The number of rotatable bonds is 3. The monoisotopic (exact) mass is 325 g/mol. The molecule has 0 bridgehead atoms. The second kappa shape index (κ2) is 5.52. The van der Waals surface area contributed by atoms with Crippen LogP contribution in [-0.2, 0) is 6.54 Å². The van der Waals surface area contributed by atoms with Gasteiger partial charge in [-0.15, -0.1) is 0 Å². The van der Waals surface area contributed by atoms with Gasteiger partial charge in [0.1, 0.15) is 5.82 Å². The van der Waals surface area contributed by atoms with Gasteiger partial charge in [-0.2, -0.15) is 5.10 Å². The van der Waals surface area contributed by atoms with E-state index in [1.54, 1.807) is 19.9 Å². The van der Waals surface area contributed by atoms with Gasteiger partial charge in [0.2, 0.25) is 0 Å². The van der Waals surface area contributed by atoms with Crippen molar-refractivity contribution in [1.82, 2.24) is 15.5 Å². The molecule has 0 spiro atoms. The Hall–Kier alpha value is -1.69. The molecule has 0 atom stereocenters. The van der Waals surface area contributed by atoms with E-state index in [2.05, 4.69) is 31.4 Å². The van der Waals surface area contributed by atoms with E-state index < -0.39 is 0 Å². The highest BCUT2D eigenvalue weighted by Crippen LogP contribution is 2.18. The van der Waals surface area contributed by atoms with Gasteiger partial charge in [-0.1, -0.05) is 15.9 Å². The molecule has 2 rings (SSSR count). The lowest BCUT2D eigenvalue weighted by Crippen LogP contribution is -2.24. The molecule has 0 aliphatic carbocycles. The van der Waals surface area contributed by atoms with Gasteiger partial charge in [0.15, 0.2) is 0 Å². The van der Waals surface area contributed by atoms with Crippen LogP contribution in [0.4, 0.5) is 4.39 Å². The van der Waals surface area contributed by atoms with E-state index in [-0.39, 0.29) is 18.3 Å². The third kappa shape index (κ3) is 3.01. The number of hydrogen-bond acceptors (Lipinski definition) is 2. The van der Waals surface area contributed by atoms with Crippen LogP contribution >= 0.6 is 15.9 Å². The van der Waals surface area contributed by atoms with Gasteiger partial charge in [-0.25, -0.2) is 4.39 Å². The minimum atomic E-state index is -0.330. The van der Waals surface area contributed by atoms with Gasteiger partial charge in [0.05, 0.1) is 11.3 Å². The van der Waals surface area contributed by atoms with Crippen LogP contribution in [0, 0.1) is 19.7 Å². The van der Waals surface area contributed by atoms with E-state index in [1.165, 1.54) is 12.1 Å². The maximum absolute atomic E-state index is 13.1. The third-order valence-corrected chi connectivity index (χ3v) is 3.58. The number of H-pyrrole nitrogens is 1. The molecule has 1 aromatic carbocycles. The maximum Gasteiger partial charge on any atom is 0.255 e. The van der Waals surface area contributed by atoms with Crippen molar-refractivity contribution in [3.63, 3.8) is 0 Å². The predicted molar refractivity (Wildman–Crippen MR) is 73.3 cm³/mol. The highest BCUT2D eigenvalue weighted by atomic mass is 79.9. The number of aromatic nitrogens is 2. The lowest BCUT2D eigenvalue weighted by Gasteiger charge is -2.07. The lowest BCUT2D eigenvalue weighted by molar-refractivity contribution is 0.0949. The number of halogens is 2. The third-order valence-electron chi connectivity index (χ3n) is 2.80. The van der Waals surface area contributed by atoms with E-state index in [4.69, 9.17) is 0 Å². The fraction of sp³-hybridized carbons (Fsp3) is 0.231. The Morgan fingerprint density at radius 3 is 2.84 bits per heavy atom. The first-order valence-electron chi connectivity index (χ1n) is 5.72. The molecule has 4 nitrogen and oxygen atoms in total. The number of benzene rings is 1. The fourth-order valence-electron chi connectivity index (χ4n) is 1.83. The van der Waals surface area contributed by atoms with Crippen LogP contribution in [0.5, 0.6) is 0 Å². The van der Waals surface area contributed by atoms with Gasteiger partial charge in [-0.05, 0) is 37.6 Å². The normalized spacial score (nSPS) is 10.5. The molecule has 0 aliphatic rings. The summed E-state index contributed by atoms with van der Waals surface area (Å²) in [5.74, 6) is -0.553. The zero-order chi connectivity index (χ0) is 14.0. The topological polar surface area (TPSA) is 57.8 Å². The number of aryl methyl sites for hydroxylation is 2. The number of carbonyl (C=O) groups excluding carboxylic acids is 1. The van der Waals surface area contributed by atoms with E-state index in [0.29, 0.717) is 22.5 Å². The van der Waals surface area contributed by atoms with E-state index >= 15 is 0 Å². The first-order valence-corrected chi connectivity index (χ1v) is 6.52. The van der Waals surface area contributed by atoms with Crippen molar-refractivity contribution < 1.29 is 9.18 Å². The van der Waals surface area contributed by atoms with Gasteiger partial charge >= 0.3 is 0 Å².